The van der Waals surface area contributed by atoms with E-state index >= 15 is 0 Å². The number of nitrogens with zero attached hydrogens (tertiary/aromatic N) is 2. The van der Waals surface area contributed by atoms with E-state index < -0.39 is 17.5 Å². The first-order chi connectivity index (χ1) is 14.4. The molecule has 1 fully saturated rings. The van der Waals surface area contributed by atoms with E-state index in [0.29, 0.717) is 28.8 Å². The number of aromatic nitrogens is 1. The van der Waals surface area contributed by atoms with Crippen molar-refractivity contribution in [2.75, 3.05) is 13.7 Å². The van der Waals surface area contributed by atoms with Crippen molar-refractivity contribution < 1.29 is 23.5 Å². The van der Waals surface area contributed by atoms with Gasteiger partial charge in [-0.05, 0) is 30.7 Å². The van der Waals surface area contributed by atoms with Crippen molar-refractivity contribution in [3.63, 3.8) is 0 Å². The highest BCUT2D eigenvalue weighted by atomic mass is 16.5. The van der Waals surface area contributed by atoms with Gasteiger partial charge >= 0.3 is 6.03 Å². The van der Waals surface area contributed by atoms with Gasteiger partial charge in [-0.1, -0.05) is 6.07 Å². The molecule has 1 atom stereocenters. The van der Waals surface area contributed by atoms with Crippen molar-refractivity contribution in [2.24, 2.45) is 0 Å². The fraction of sp³-hybridized carbons (Fsp3) is 0.238. The molecule has 4 heterocycles. The molecule has 3 aromatic rings. The fourth-order valence-corrected chi connectivity index (χ4v) is 4.04. The normalized spacial score (nSPS) is 20.5. The summed E-state index contributed by atoms with van der Waals surface area (Å²) in [4.78, 5) is 43.7. The van der Waals surface area contributed by atoms with Crippen LogP contribution in [0.3, 0.4) is 0 Å². The van der Waals surface area contributed by atoms with Crippen LogP contribution >= 0.6 is 0 Å². The summed E-state index contributed by atoms with van der Waals surface area (Å²) < 4.78 is 11.2. The second-order valence-corrected chi connectivity index (χ2v) is 7.48. The summed E-state index contributed by atoms with van der Waals surface area (Å²) in [5.41, 5.74) is 1.18. The highest BCUT2D eigenvalue weighted by molar-refractivity contribution is 6.08. The molecule has 1 aromatic carbocycles. The van der Waals surface area contributed by atoms with E-state index in [1.807, 2.05) is 13.0 Å². The lowest BCUT2D eigenvalue weighted by molar-refractivity contribution is -0.125. The zero-order chi connectivity index (χ0) is 21.0. The molecular formula is C21H18N4O5. The van der Waals surface area contributed by atoms with Crippen molar-refractivity contribution in [3.05, 3.63) is 59.1 Å². The highest BCUT2D eigenvalue weighted by Gasteiger charge is 2.53. The van der Waals surface area contributed by atoms with Gasteiger partial charge in [0.1, 0.15) is 17.1 Å². The number of aryl methyl sites for hydroxylation is 1. The van der Waals surface area contributed by atoms with Crippen LogP contribution in [-0.2, 0) is 16.9 Å². The summed E-state index contributed by atoms with van der Waals surface area (Å²) in [6, 6.07) is 6.32. The summed E-state index contributed by atoms with van der Waals surface area (Å²) in [5, 5.41) is 5.66. The number of hydrogen-bond donors (Lipinski definition) is 2. The van der Waals surface area contributed by atoms with E-state index in [1.54, 1.807) is 30.6 Å². The summed E-state index contributed by atoms with van der Waals surface area (Å²) >= 11 is 0. The highest BCUT2D eigenvalue weighted by Crippen LogP contribution is 2.35. The molecule has 0 spiro atoms. The maximum absolute atomic E-state index is 13.0. The van der Waals surface area contributed by atoms with Crippen molar-refractivity contribution in [1.82, 2.24) is 20.5 Å². The van der Waals surface area contributed by atoms with Gasteiger partial charge in [0.05, 0.1) is 13.7 Å². The number of furan rings is 1. The van der Waals surface area contributed by atoms with Gasteiger partial charge in [0, 0.05) is 35.5 Å². The minimum Gasteiger partial charge on any atom is -0.497 e. The Morgan fingerprint density at radius 1 is 1.23 bits per heavy atom. The Morgan fingerprint density at radius 2 is 2.07 bits per heavy atom. The van der Waals surface area contributed by atoms with Crippen molar-refractivity contribution in [2.45, 2.75) is 19.0 Å². The molecule has 1 saturated heterocycles. The van der Waals surface area contributed by atoms with Crippen LogP contribution < -0.4 is 15.4 Å². The molecule has 0 radical (unpaired) electrons. The molecule has 30 heavy (non-hydrogen) atoms. The molecular weight excluding hydrogens is 388 g/mol. The number of ether oxygens (including phenoxy) is 1. The fourth-order valence-electron chi connectivity index (χ4n) is 4.04. The smallest absolute Gasteiger partial charge is 0.322 e. The Labute approximate surface area is 171 Å². The van der Waals surface area contributed by atoms with Crippen LogP contribution in [0.1, 0.15) is 27.2 Å². The quantitative estimate of drug-likeness (QED) is 0.639. The number of fused-ring (bicyclic) bond motifs is 2. The molecule has 9 nitrogen and oxygen atoms in total. The number of rotatable bonds is 4. The molecule has 0 saturated carbocycles. The van der Waals surface area contributed by atoms with Crippen LogP contribution in [0.15, 0.2) is 41.1 Å². The van der Waals surface area contributed by atoms with E-state index in [-0.39, 0.29) is 18.2 Å². The van der Waals surface area contributed by atoms with Gasteiger partial charge in [-0.25, -0.2) is 4.79 Å². The lowest BCUT2D eigenvalue weighted by Gasteiger charge is -2.29. The van der Waals surface area contributed by atoms with Gasteiger partial charge in [0.15, 0.2) is 5.54 Å². The van der Waals surface area contributed by atoms with Gasteiger partial charge in [-0.15, -0.1) is 0 Å². The summed E-state index contributed by atoms with van der Waals surface area (Å²) in [5.74, 6) is 0.00816. The number of amides is 4. The molecule has 2 aliphatic heterocycles. The van der Waals surface area contributed by atoms with E-state index in [0.717, 1.165) is 11.1 Å². The lowest BCUT2D eigenvalue weighted by atomic mass is 9.95. The zero-order valence-electron chi connectivity index (χ0n) is 16.3. The molecule has 9 heteroatoms. The summed E-state index contributed by atoms with van der Waals surface area (Å²) in [6.45, 7) is 2.08. The molecule has 0 unspecified atom stereocenters. The number of carbonyl (C=O) groups is 3. The molecule has 152 valence electrons. The number of carbonyl (C=O) groups excluding carboxylic acids is 3. The van der Waals surface area contributed by atoms with Crippen LogP contribution in [0.5, 0.6) is 5.75 Å². The van der Waals surface area contributed by atoms with E-state index in [1.165, 1.54) is 12.0 Å². The predicted octanol–water partition coefficient (Wildman–Crippen LogP) is 1.84. The Bertz CT molecular complexity index is 1230. The number of benzene rings is 1. The number of pyridine rings is 1. The Morgan fingerprint density at radius 3 is 2.77 bits per heavy atom. The van der Waals surface area contributed by atoms with E-state index in [2.05, 4.69) is 15.6 Å². The zero-order valence-corrected chi connectivity index (χ0v) is 16.3. The second-order valence-electron chi connectivity index (χ2n) is 7.48. The number of urea groups is 1. The average Bonchev–Trinajstić information content (AvgIpc) is 3.38. The standard InChI is InChI=1S/C21H18N4O5/c1-11-7-22-8-13-5-16(30-17(11)13)21(19(27)23-20(28)24-21)10-25-9-12-3-4-14(29-2)6-15(12)18(25)26/h3-8H,9-10H2,1-2H3,(H2,23,24,27,28)/t21-/m0/s1. The first kappa shape index (κ1) is 18.2. The van der Waals surface area contributed by atoms with Gasteiger partial charge in [-0.3, -0.25) is 19.9 Å². The molecule has 4 amide bonds. The van der Waals surface area contributed by atoms with Crippen molar-refractivity contribution in [3.8, 4) is 5.75 Å². The molecule has 0 aliphatic carbocycles. The Balaban J connectivity index is 1.56. The largest absolute Gasteiger partial charge is 0.497 e. The number of methoxy groups -OCH3 is 1. The summed E-state index contributed by atoms with van der Waals surface area (Å²) in [7, 11) is 1.53. The predicted molar refractivity (Wildman–Crippen MR) is 105 cm³/mol. The van der Waals surface area contributed by atoms with Crippen LogP contribution in [0.4, 0.5) is 4.79 Å². The minimum absolute atomic E-state index is 0.0767. The minimum atomic E-state index is -1.54. The SMILES string of the molecule is COc1ccc2c(c1)C(=O)N(C[C@@]1(c3cc4cncc(C)c4o3)NC(=O)NC1=O)C2. The molecule has 5 rings (SSSR count). The third kappa shape index (κ3) is 2.55. The third-order valence-electron chi connectivity index (χ3n) is 5.59. The Hall–Kier alpha value is -3.88. The van der Waals surface area contributed by atoms with Crippen LogP contribution in [0.25, 0.3) is 11.0 Å². The van der Waals surface area contributed by atoms with Gasteiger partial charge in [-0.2, -0.15) is 0 Å². The van der Waals surface area contributed by atoms with Crippen LogP contribution in [0, 0.1) is 6.92 Å². The average molecular weight is 406 g/mol. The lowest BCUT2D eigenvalue weighted by Crippen LogP contribution is -2.52. The Kier molecular flexibility index (Phi) is 3.82. The molecule has 0 bridgehead atoms. The second kappa shape index (κ2) is 6.31. The number of nitrogens with one attached hydrogen (secondary N) is 2. The number of imide groups is 1. The van der Waals surface area contributed by atoms with Gasteiger partial charge in [0.25, 0.3) is 11.8 Å². The van der Waals surface area contributed by atoms with Crippen molar-refractivity contribution >= 4 is 28.8 Å². The van der Waals surface area contributed by atoms with Crippen molar-refractivity contribution in [1.29, 1.82) is 0 Å². The molecule has 2 N–H and O–H groups in total. The summed E-state index contributed by atoms with van der Waals surface area (Å²) in [6.07, 6.45) is 3.28. The first-order valence-electron chi connectivity index (χ1n) is 9.36. The number of hydrogen-bond acceptors (Lipinski definition) is 6. The van der Waals surface area contributed by atoms with E-state index in [4.69, 9.17) is 9.15 Å². The van der Waals surface area contributed by atoms with E-state index in [9.17, 15) is 14.4 Å². The first-order valence-corrected chi connectivity index (χ1v) is 9.36. The van der Waals surface area contributed by atoms with Crippen LogP contribution in [-0.4, -0.2) is 41.4 Å². The monoisotopic (exact) mass is 406 g/mol. The maximum Gasteiger partial charge on any atom is 0.322 e. The molecule has 2 aromatic heterocycles. The topological polar surface area (TPSA) is 114 Å². The van der Waals surface area contributed by atoms with Crippen LogP contribution in [0.2, 0.25) is 0 Å². The maximum atomic E-state index is 13.0. The van der Waals surface area contributed by atoms with Gasteiger partial charge < -0.3 is 19.4 Å². The third-order valence-corrected chi connectivity index (χ3v) is 5.59. The molecule has 2 aliphatic rings. The van der Waals surface area contributed by atoms with Gasteiger partial charge in [0.2, 0.25) is 0 Å².